The lowest BCUT2D eigenvalue weighted by molar-refractivity contribution is 0.102. The minimum absolute atomic E-state index is 0.0349. The smallest absolute Gasteiger partial charge is 0.276 e. The van der Waals surface area contributed by atoms with Gasteiger partial charge < -0.3 is 20.6 Å². The number of fused-ring (bicyclic) bond motifs is 1. The van der Waals surface area contributed by atoms with Crippen LogP contribution in [0.3, 0.4) is 0 Å². The summed E-state index contributed by atoms with van der Waals surface area (Å²) in [7, 11) is 0. The zero-order valence-corrected chi connectivity index (χ0v) is 22.4. The molecule has 0 saturated carbocycles. The average molecular weight is 552 g/mol. The van der Waals surface area contributed by atoms with Gasteiger partial charge in [-0.05, 0) is 50.1 Å². The minimum Gasteiger partial charge on any atom is -0.395 e. The number of benzene rings is 2. The normalized spacial score (nSPS) is 17.2. The molecule has 10 nitrogen and oxygen atoms in total. The molecule has 1 fully saturated rings. The summed E-state index contributed by atoms with van der Waals surface area (Å²) < 4.78 is 31.3. The lowest BCUT2D eigenvalue weighted by Gasteiger charge is -2.24. The first-order chi connectivity index (χ1) is 19.2. The highest BCUT2D eigenvalue weighted by atomic mass is 19.1. The van der Waals surface area contributed by atoms with Crippen LogP contribution in [0.1, 0.15) is 37.3 Å². The van der Waals surface area contributed by atoms with Gasteiger partial charge in [-0.25, -0.2) is 8.78 Å². The highest BCUT2D eigenvalue weighted by molar-refractivity contribution is 6.09. The number of amides is 1. The largest absolute Gasteiger partial charge is 0.395 e. The molecule has 1 saturated heterocycles. The number of carbonyl (C=O) groups is 1. The van der Waals surface area contributed by atoms with Gasteiger partial charge in [0.2, 0.25) is 0 Å². The second-order valence-corrected chi connectivity index (χ2v) is 10.2. The quantitative estimate of drug-likeness (QED) is 0.308. The van der Waals surface area contributed by atoms with Crippen molar-refractivity contribution >= 4 is 28.2 Å². The van der Waals surface area contributed by atoms with Gasteiger partial charge in [0.1, 0.15) is 11.4 Å². The first kappa shape index (κ1) is 27.4. The van der Waals surface area contributed by atoms with Crippen molar-refractivity contribution in [2.75, 3.05) is 36.5 Å². The van der Waals surface area contributed by atoms with Crippen molar-refractivity contribution in [1.29, 1.82) is 0 Å². The Morgan fingerprint density at radius 3 is 2.55 bits per heavy atom. The number of nitrogens with one attached hydrogen (secondary N) is 2. The molecule has 12 heteroatoms. The van der Waals surface area contributed by atoms with E-state index in [2.05, 4.69) is 32.7 Å². The molecule has 1 aliphatic heterocycles. The molecule has 4 aromatic rings. The van der Waals surface area contributed by atoms with Crippen molar-refractivity contribution in [1.82, 2.24) is 24.9 Å². The zero-order valence-electron chi connectivity index (χ0n) is 22.4. The summed E-state index contributed by atoms with van der Waals surface area (Å²) in [6.45, 7) is 8.06. The van der Waals surface area contributed by atoms with E-state index in [0.717, 1.165) is 34.8 Å². The fourth-order valence-electron chi connectivity index (χ4n) is 5.19. The lowest BCUT2D eigenvalue weighted by atomic mass is 10.1. The van der Waals surface area contributed by atoms with Gasteiger partial charge in [0.15, 0.2) is 11.6 Å². The molecule has 1 amide bonds. The average Bonchev–Trinajstić information content (AvgIpc) is 3.51. The molecule has 210 valence electrons. The first-order valence-electron chi connectivity index (χ1n) is 13.1. The lowest BCUT2D eigenvalue weighted by Crippen LogP contribution is -2.37. The van der Waals surface area contributed by atoms with E-state index in [9.17, 15) is 23.5 Å². The molecule has 3 N–H and O–H groups in total. The fourth-order valence-corrected chi connectivity index (χ4v) is 5.19. The molecular weight excluding hydrogens is 520 g/mol. The van der Waals surface area contributed by atoms with E-state index in [4.69, 9.17) is 0 Å². The number of hydrogen-bond acceptors (Lipinski definition) is 7. The van der Waals surface area contributed by atoms with E-state index in [0.29, 0.717) is 30.0 Å². The van der Waals surface area contributed by atoms with Crippen LogP contribution in [0, 0.1) is 17.6 Å². The number of halogens is 2. The number of rotatable bonds is 8. The van der Waals surface area contributed by atoms with Gasteiger partial charge in [0.05, 0.1) is 29.7 Å². The van der Waals surface area contributed by atoms with Crippen molar-refractivity contribution in [2.45, 2.75) is 32.9 Å². The molecule has 0 unspecified atom stereocenters. The summed E-state index contributed by atoms with van der Waals surface area (Å²) in [5.74, 6) is -2.33. The van der Waals surface area contributed by atoms with Crippen LogP contribution in [0.15, 0.2) is 53.5 Å². The zero-order chi connectivity index (χ0) is 28.6. The van der Waals surface area contributed by atoms with Gasteiger partial charge in [-0.3, -0.25) is 14.3 Å². The fraction of sp³-hybridized carbons (Fsp3) is 0.357. The molecule has 0 aliphatic carbocycles. The van der Waals surface area contributed by atoms with Gasteiger partial charge in [-0.1, -0.05) is 13.0 Å². The van der Waals surface area contributed by atoms with Gasteiger partial charge in [0, 0.05) is 43.2 Å². The van der Waals surface area contributed by atoms with Crippen LogP contribution in [0.5, 0.6) is 0 Å². The number of para-hydroxylation sites is 1. The van der Waals surface area contributed by atoms with Gasteiger partial charge in [-0.2, -0.15) is 14.9 Å². The van der Waals surface area contributed by atoms with E-state index in [1.807, 2.05) is 24.6 Å². The molecule has 0 bridgehead atoms. The molecule has 2 atom stereocenters. The van der Waals surface area contributed by atoms with Crippen LogP contribution in [-0.2, 0) is 0 Å². The van der Waals surface area contributed by atoms with E-state index in [1.165, 1.54) is 12.1 Å². The molecule has 40 heavy (non-hydrogen) atoms. The second kappa shape index (κ2) is 11.1. The molecule has 2 aromatic heterocycles. The molecule has 1 aliphatic rings. The minimum atomic E-state index is -0.977. The third-order valence-corrected chi connectivity index (χ3v) is 7.12. The summed E-state index contributed by atoms with van der Waals surface area (Å²) in [5.41, 5.74) is 0.570. The first-order valence-corrected chi connectivity index (χ1v) is 13.1. The molecule has 2 aromatic carbocycles. The molecule has 0 spiro atoms. The molecule has 0 radical (unpaired) electrons. The summed E-state index contributed by atoms with van der Waals surface area (Å²) >= 11 is 0. The van der Waals surface area contributed by atoms with Gasteiger partial charge in [0.25, 0.3) is 11.5 Å². The van der Waals surface area contributed by atoms with Crippen molar-refractivity contribution < 1.29 is 18.7 Å². The van der Waals surface area contributed by atoms with E-state index in [-0.39, 0.29) is 30.3 Å². The van der Waals surface area contributed by atoms with E-state index >= 15 is 0 Å². The van der Waals surface area contributed by atoms with E-state index in [1.54, 1.807) is 12.3 Å². The Hall–Kier alpha value is -4.16. The maximum Gasteiger partial charge on any atom is 0.276 e. The van der Waals surface area contributed by atoms with Crippen LogP contribution in [0.2, 0.25) is 0 Å². The summed E-state index contributed by atoms with van der Waals surface area (Å²) in [6.07, 6.45) is 1.78. The van der Waals surface area contributed by atoms with Crippen molar-refractivity contribution in [3.05, 3.63) is 76.3 Å². The third-order valence-electron chi connectivity index (χ3n) is 7.12. The molecular formula is C28H31F2N7O3. The Balaban J connectivity index is 1.54. The van der Waals surface area contributed by atoms with Crippen molar-refractivity contribution in [2.24, 2.45) is 5.92 Å². The third kappa shape index (κ3) is 5.07. The highest BCUT2D eigenvalue weighted by Crippen LogP contribution is 2.38. The predicted octanol–water partition coefficient (Wildman–Crippen LogP) is 3.10. The van der Waals surface area contributed by atoms with Crippen LogP contribution in [0.25, 0.3) is 16.6 Å². The Morgan fingerprint density at radius 1 is 1.10 bits per heavy atom. The van der Waals surface area contributed by atoms with E-state index < -0.39 is 28.8 Å². The Labute approximate surface area is 229 Å². The summed E-state index contributed by atoms with van der Waals surface area (Å²) in [5, 5.41) is 25.0. The Bertz CT molecular complexity index is 1600. The topological polar surface area (TPSA) is 117 Å². The van der Waals surface area contributed by atoms with Gasteiger partial charge in [-0.15, -0.1) is 0 Å². The maximum absolute atomic E-state index is 14.4. The van der Waals surface area contributed by atoms with Crippen LogP contribution in [-0.4, -0.2) is 62.9 Å². The predicted molar refractivity (Wildman–Crippen MR) is 148 cm³/mol. The Morgan fingerprint density at radius 2 is 1.85 bits per heavy atom. The standard InChI is InChI=1S/C28H31F2N7O3/c1-16(2)36-24-9-7-21(26(18(24)13-32-36)35-14-17(3)23(15-35)31-11-12-38)33-28(40)22-8-10-25(39)37(34-22)27-19(29)5-4-6-20(27)30/h4-10,13,16-17,23,31,38H,11-12,14-15H2,1-3H3,(H,33,40)/t17-,23+/m1/s1. The summed E-state index contributed by atoms with van der Waals surface area (Å²) in [4.78, 5) is 28.0. The number of aromatic nitrogens is 4. The Kier molecular flexibility index (Phi) is 7.63. The van der Waals surface area contributed by atoms with Crippen LogP contribution < -0.4 is 21.1 Å². The van der Waals surface area contributed by atoms with Crippen LogP contribution >= 0.6 is 0 Å². The number of nitrogens with zero attached hydrogens (tertiary/aromatic N) is 5. The molecule has 3 heterocycles. The number of aliphatic hydroxyl groups is 1. The van der Waals surface area contributed by atoms with Crippen molar-refractivity contribution in [3.8, 4) is 5.69 Å². The number of aliphatic hydroxyl groups excluding tert-OH is 1. The number of carbonyl (C=O) groups excluding carboxylic acids is 1. The van der Waals surface area contributed by atoms with Gasteiger partial charge >= 0.3 is 0 Å². The maximum atomic E-state index is 14.4. The number of anilines is 2. The summed E-state index contributed by atoms with van der Waals surface area (Å²) in [6, 6.07) is 9.39. The molecule has 5 rings (SSSR count). The second-order valence-electron chi connectivity index (χ2n) is 10.2. The number of hydrogen-bond donors (Lipinski definition) is 3. The SMILES string of the molecule is CC(C)n1ncc2c(N3C[C@@H](C)[C@@H](NCCO)C3)c(NC(=O)c3ccc(=O)n(-c4c(F)cccc4F)n3)ccc21. The van der Waals surface area contributed by atoms with Crippen LogP contribution in [0.4, 0.5) is 20.2 Å². The highest BCUT2D eigenvalue weighted by Gasteiger charge is 2.32. The monoisotopic (exact) mass is 551 g/mol. The van der Waals surface area contributed by atoms with Crippen molar-refractivity contribution in [3.63, 3.8) is 0 Å².